The van der Waals surface area contributed by atoms with Gasteiger partial charge in [0.25, 0.3) is 0 Å². The van der Waals surface area contributed by atoms with Crippen molar-refractivity contribution in [1.29, 1.82) is 0 Å². The van der Waals surface area contributed by atoms with Crippen LogP contribution >= 0.6 is 0 Å². The standard InChI is InChI=1S/C11H9FN2O3/c1-2-16-11(15)8-6-9(17-14-8)10-7(12)4-3-5-13-10/h3-6H,2H2,1H3. The van der Waals surface area contributed by atoms with Gasteiger partial charge in [-0.1, -0.05) is 5.16 Å². The van der Waals surface area contributed by atoms with E-state index in [0.717, 1.165) is 0 Å². The average molecular weight is 236 g/mol. The van der Waals surface area contributed by atoms with Crippen molar-refractivity contribution >= 4 is 5.97 Å². The van der Waals surface area contributed by atoms with E-state index in [9.17, 15) is 9.18 Å². The molecule has 88 valence electrons. The molecule has 0 aliphatic carbocycles. The molecule has 0 aliphatic heterocycles. The van der Waals surface area contributed by atoms with E-state index in [4.69, 9.17) is 9.26 Å². The molecular formula is C11H9FN2O3. The molecule has 2 rings (SSSR count). The second-order valence-electron chi connectivity index (χ2n) is 3.13. The minimum atomic E-state index is -0.612. The molecule has 0 aromatic carbocycles. The number of carbonyl (C=O) groups is 1. The Balaban J connectivity index is 2.30. The summed E-state index contributed by atoms with van der Waals surface area (Å²) in [4.78, 5) is 15.1. The molecule has 0 fully saturated rings. The number of rotatable bonds is 3. The van der Waals surface area contributed by atoms with Crippen molar-refractivity contribution in [1.82, 2.24) is 10.1 Å². The van der Waals surface area contributed by atoms with E-state index in [1.54, 1.807) is 6.92 Å². The molecule has 2 aromatic heterocycles. The largest absolute Gasteiger partial charge is 0.461 e. The summed E-state index contributed by atoms with van der Waals surface area (Å²) in [6.07, 6.45) is 1.42. The van der Waals surface area contributed by atoms with E-state index in [2.05, 4.69) is 10.1 Å². The predicted octanol–water partition coefficient (Wildman–Crippen LogP) is 2.05. The lowest BCUT2D eigenvalue weighted by Gasteiger charge is -1.95. The van der Waals surface area contributed by atoms with Gasteiger partial charge >= 0.3 is 5.97 Å². The van der Waals surface area contributed by atoms with Crippen LogP contribution < -0.4 is 0 Å². The third-order valence-corrected chi connectivity index (χ3v) is 1.99. The summed E-state index contributed by atoms with van der Waals surface area (Å²) in [5.74, 6) is -1.07. The Labute approximate surface area is 96.2 Å². The first-order valence-corrected chi connectivity index (χ1v) is 4.97. The van der Waals surface area contributed by atoms with Crippen LogP contribution in [0.4, 0.5) is 4.39 Å². The Morgan fingerprint density at radius 1 is 1.59 bits per heavy atom. The average Bonchev–Trinajstić information content (AvgIpc) is 2.79. The minimum absolute atomic E-state index is 0.00750. The molecule has 0 N–H and O–H groups in total. The summed E-state index contributed by atoms with van der Waals surface area (Å²) in [6.45, 7) is 1.91. The van der Waals surface area contributed by atoms with Gasteiger partial charge in [-0.3, -0.25) is 0 Å². The highest BCUT2D eigenvalue weighted by Gasteiger charge is 2.17. The summed E-state index contributed by atoms with van der Waals surface area (Å²) in [6, 6.07) is 4.00. The van der Waals surface area contributed by atoms with Gasteiger partial charge in [-0.25, -0.2) is 14.2 Å². The summed E-state index contributed by atoms with van der Waals surface area (Å²) in [5, 5.41) is 3.50. The molecule has 6 heteroatoms. The number of pyridine rings is 1. The minimum Gasteiger partial charge on any atom is -0.461 e. The van der Waals surface area contributed by atoms with Crippen LogP contribution in [0.3, 0.4) is 0 Å². The smallest absolute Gasteiger partial charge is 0.360 e. The Morgan fingerprint density at radius 2 is 2.41 bits per heavy atom. The molecule has 0 unspecified atom stereocenters. The van der Waals surface area contributed by atoms with Crippen molar-refractivity contribution in [3.63, 3.8) is 0 Å². The number of aromatic nitrogens is 2. The van der Waals surface area contributed by atoms with E-state index in [1.165, 1.54) is 24.4 Å². The van der Waals surface area contributed by atoms with Crippen LogP contribution in [0.2, 0.25) is 0 Å². The topological polar surface area (TPSA) is 65.2 Å². The van der Waals surface area contributed by atoms with Crippen LogP contribution in [-0.4, -0.2) is 22.7 Å². The summed E-state index contributed by atoms with van der Waals surface area (Å²) >= 11 is 0. The Hall–Kier alpha value is -2.24. The second-order valence-corrected chi connectivity index (χ2v) is 3.13. The highest BCUT2D eigenvalue weighted by molar-refractivity contribution is 5.88. The maximum Gasteiger partial charge on any atom is 0.360 e. The van der Waals surface area contributed by atoms with E-state index in [0.29, 0.717) is 0 Å². The van der Waals surface area contributed by atoms with Crippen molar-refractivity contribution in [3.8, 4) is 11.5 Å². The fraction of sp³-hybridized carbons (Fsp3) is 0.182. The van der Waals surface area contributed by atoms with E-state index >= 15 is 0 Å². The van der Waals surface area contributed by atoms with Gasteiger partial charge in [-0.2, -0.15) is 0 Å². The van der Waals surface area contributed by atoms with Crippen LogP contribution in [0.25, 0.3) is 11.5 Å². The third-order valence-electron chi connectivity index (χ3n) is 1.99. The quantitative estimate of drug-likeness (QED) is 0.763. The Kier molecular flexibility index (Phi) is 3.13. The fourth-order valence-corrected chi connectivity index (χ4v) is 1.26. The third kappa shape index (κ3) is 2.30. The molecule has 0 spiro atoms. The number of hydrogen-bond acceptors (Lipinski definition) is 5. The lowest BCUT2D eigenvalue weighted by molar-refractivity contribution is 0.0514. The molecule has 17 heavy (non-hydrogen) atoms. The van der Waals surface area contributed by atoms with E-state index in [-0.39, 0.29) is 23.8 Å². The number of carbonyl (C=O) groups excluding carboxylic acids is 1. The zero-order valence-electron chi connectivity index (χ0n) is 9.01. The molecule has 0 atom stereocenters. The SMILES string of the molecule is CCOC(=O)c1cc(-c2ncccc2F)on1. The Morgan fingerprint density at radius 3 is 3.12 bits per heavy atom. The van der Waals surface area contributed by atoms with Crippen molar-refractivity contribution in [2.45, 2.75) is 6.92 Å². The van der Waals surface area contributed by atoms with Gasteiger partial charge in [0.1, 0.15) is 5.69 Å². The predicted molar refractivity (Wildman–Crippen MR) is 55.6 cm³/mol. The molecular weight excluding hydrogens is 227 g/mol. The molecule has 0 bridgehead atoms. The fourth-order valence-electron chi connectivity index (χ4n) is 1.26. The van der Waals surface area contributed by atoms with Gasteiger partial charge in [0.15, 0.2) is 17.3 Å². The lowest BCUT2D eigenvalue weighted by Crippen LogP contribution is -2.04. The zero-order valence-corrected chi connectivity index (χ0v) is 9.01. The normalized spacial score (nSPS) is 10.2. The van der Waals surface area contributed by atoms with Crippen LogP contribution in [0.15, 0.2) is 28.9 Å². The highest BCUT2D eigenvalue weighted by Crippen LogP contribution is 2.20. The van der Waals surface area contributed by atoms with Crippen LogP contribution in [0, 0.1) is 5.82 Å². The molecule has 0 radical (unpaired) electrons. The number of ether oxygens (including phenoxy) is 1. The molecule has 0 amide bonds. The van der Waals surface area contributed by atoms with Crippen molar-refractivity contribution < 1.29 is 18.4 Å². The first kappa shape index (κ1) is 11.3. The number of nitrogens with zero attached hydrogens (tertiary/aromatic N) is 2. The van der Waals surface area contributed by atoms with Gasteiger partial charge in [0.05, 0.1) is 6.61 Å². The first-order chi connectivity index (χ1) is 8.22. The van der Waals surface area contributed by atoms with Crippen molar-refractivity contribution in [2.75, 3.05) is 6.61 Å². The monoisotopic (exact) mass is 236 g/mol. The maximum absolute atomic E-state index is 13.4. The van der Waals surface area contributed by atoms with Crippen LogP contribution in [0.1, 0.15) is 17.4 Å². The Bertz CT molecular complexity index is 539. The molecule has 0 aliphatic rings. The lowest BCUT2D eigenvalue weighted by atomic mass is 10.2. The van der Waals surface area contributed by atoms with Gasteiger partial charge in [0, 0.05) is 12.3 Å². The molecule has 0 saturated heterocycles. The summed E-state index contributed by atoms with van der Waals surface area (Å²) in [7, 11) is 0. The van der Waals surface area contributed by atoms with E-state index in [1.807, 2.05) is 0 Å². The van der Waals surface area contributed by atoms with Crippen LogP contribution in [-0.2, 0) is 4.74 Å². The zero-order chi connectivity index (χ0) is 12.3. The summed E-state index contributed by atoms with van der Waals surface area (Å²) in [5.41, 5.74) is 0.00227. The number of hydrogen-bond donors (Lipinski definition) is 0. The number of halogens is 1. The summed E-state index contributed by atoms with van der Waals surface area (Å²) < 4.78 is 22.9. The molecule has 5 nitrogen and oxygen atoms in total. The van der Waals surface area contributed by atoms with Gasteiger partial charge in [0.2, 0.25) is 0 Å². The first-order valence-electron chi connectivity index (χ1n) is 4.97. The molecule has 0 saturated carbocycles. The van der Waals surface area contributed by atoms with Crippen LogP contribution in [0.5, 0.6) is 0 Å². The second kappa shape index (κ2) is 4.73. The van der Waals surface area contributed by atoms with Gasteiger partial charge in [-0.05, 0) is 19.1 Å². The van der Waals surface area contributed by atoms with Gasteiger partial charge in [-0.15, -0.1) is 0 Å². The van der Waals surface area contributed by atoms with Gasteiger partial charge < -0.3 is 9.26 Å². The molecule has 2 heterocycles. The number of esters is 1. The highest BCUT2D eigenvalue weighted by atomic mass is 19.1. The maximum atomic E-state index is 13.4. The van der Waals surface area contributed by atoms with Crippen molar-refractivity contribution in [2.24, 2.45) is 0 Å². The van der Waals surface area contributed by atoms with E-state index < -0.39 is 11.8 Å². The molecule has 2 aromatic rings. The van der Waals surface area contributed by atoms with Crippen molar-refractivity contribution in [3.05, 3.63) is 35.9 Å².